The van der Waals surface area contributed by atoms with Gasteiger partial charge in [-0.2, -0.15) is 0 Å². The molecule has 1 aromatic rings. The van der Waals surface area contributed by atoms with Crippen LogP contribution in [0.4, 0.5) is 0 Å². The van der Waals surface area contributed by atoms with E-state index in [1.165, 1.54) is 24.0 Å². The minimum atomic E-state index is -0.221. The van der Waals surface area contributed by atoms with E-state index in [9.17, 15) is 0 Å². The van der Waals surface area contributed by atoms with Crippen molar-refractivity contribution in [3.05, 3.63) is 27.7 Å². The largest absolute Gasteiger partial charge is 0.493 e. The van der Waals surface area contributed by atoms with Crippen LogP contribution in [-0.4, -0.2) is 24.9 Å². The van der Waals surface area contributed by atoms with Gasteiger partial charge in [-0.25, -0.2) is 0 Å². The van der Waals surface area contributed by atoms with Gasteiger partial charge in [0.1, 0.15) is 5.75 Å². The minimum absolute atomic E-state index is 0.221. The van der Waals surface area contributed by atoms with Crippen molar-refractivity contribution in [1.29, 1.82) is 0 Å². The van der Waals surface area contributed by atoms with Crippen LogP contribution >= 0.6 is 15.9 Å². The first-order chi connectivity index (χ1) is 9.66. The van der Waals surface area contributed by atoms with E-state index in [1.807, 2.05) is 0 Å². The molecule has 1 saturated heterocycles. The average molecular weight is 338 g/mol. The van der Waals surface area contributed by atoms with Gasteiger partial charge in [0.15, 0.2) is 0 Å². The Morgan fingerprint density at radius 1 is 1.30 bits per heavy atom. The molecule has 2 unspecified atom stereocenters. The fourth-order valence-electron chi connectivity index (χ4n) is 3.71. The van der Waals surface area contributed by atoms with Crippen LogP contribution in [0.2, 0.25) is 0 Å². The first kappa shape index (κ1) is 13.1. The fraction of sp³-hybridized carbons (Fsp3) is 0.625. The molecule has 1 aliphatic carbocycles. The number of hydrogen-bond acceptors (Lipinski definition) is 3. The van der Waals surface area contributed by atoms with Crippen molar-refractivity contribution in [2.24, 2.45) is 11.7 Å². The summed E-state index contributed by atoms with van der Waals surface area (Å²) >= 11 is 3.61. The van der Waals surface area contributed by atoms with E-state index in [0.717, 1.165) is 42.7 Å². The summed E-state index contributed by atoms with van der Waals surface area (Å²) in [5, 5.41) is 0. The molecule has 0 bridgehead atoms. The van der Waals surface area contributed by atoms with E-state index in [1.54, 1.807) is 0 Å². The monoisotopic (exact) mass is 337 g/mol. The number of hydrogen-bond donors (Lipinski definition) is 1. The maximum absolute atomic E-state index is 6.72. The van der Waals surface area contributed by atoms with Crippen LogP contribution in [0.5, 0.6) is 5.75 Å². The molecular formula is C16H20BrNO2. The Hall–Kier alpha value is -0.580. The predicted molar refractivity (Wildman–Crippen MR) is 81.0 cm³/mol. The van der Waals surface area contributed by atoms with Crippen LogP contribution in [0, 0.1) is 5.92 Å². The molecule has 3 aliphatic rings. The molecule has 108 valence electrons. The Morgan fingerprint density at radius 3 is 2.95 bits per heavy atom. The lowest BCUT2D eigenvalue weighted by molar-refractivity contribution is 0.0625. The fourth-order valence-corrected chi connectivity index (χ4v) is 4.26. The first-order valence-electron chi connectivity index (χ1n) is 7.50. The van der Waals surface area contributed by atoms with E-state index in [2.05, 4.69) is 28.1 Å². The van der Waals surface area contributed by atoms with E-state index >= 15 is 0 Å². The van der Waals surface area contributed by atoms with Crippen molar-refractivity contribution in [2.45, 2.75) is 43.7 Å². The highest BCUT2D eigenvalue weighted by Crippen LogP contribution is 2.45. The Bertz CT molecular complexity index is 544. The van der Waals surface area contributed by atoms with E-state index in [4.69, 9.17) is 15.2 Å². The average Bonchev–Trinajstić information content (AvgIpc) is 3.00. The van der Waals surface area contributed by atoms with Gasteiger partial charge in [0.2, 0.25) is 0 Å². The molecule has 4 heteroatoms. The van der Waals surface area contributed by atoms with Crippen LogP contribution in [0.1, 0.15) is 30.4 Å². The lowest BCUT2D eigenvalue weighted by Crippen LogP contribution is -2.50. The minimum Gasteiger partial charge on any atom is -0.493 e. The summed E-state index contributed by atoms with van der Waals surface area (Å²) in [7, 11) is 0. The molecule has 0 amide bonds. The third-order valence-electron chi connectivity index (χ3n) is 4.83. The second-order valence-corrected chi connectivity index (χ2v) is 7.36. The normalized spacial score (nSPS) is 32.2. The van der Waals surface area contributed by atoms with Gasteiger partial charge in [-0.15, -0.1) is 0 Å². The molecule has 0 aromatic heterocycles. The SMILES string of the molecule is NC1(Cc2cc(Br)cc3c2OCC3)CCOC1C1CC1. The molecule has 1 aromatic carbocycles. The molecular weight excluding hydrogens is 318 g/mol. The second-order valence-electron chi connectivity index (χ2n) is 6.44. The summed E-state index contributed by atoms with van der Waals surface area (Å²) < 4.78 is 12.9. The molecule has 2 N–H and O–H groups in total. The van der Waals surface area contributed by atoms with Crippen LogP contribution in [0.25, 0.3) is 0 Å². The smallest absolute Gasteiger partial charge is 0.125 e. The van der Waals surface area contributed by atoms with E-state index in [-0.39, 0.29) is 11.6 Å². The zero-order chi connectivity index (χ0) is 13.7. The highest BCUT2D eigenvalue weighted by atomic mass is 79.9. The Morgan fingerprint density at radius 2 is 2.15 bits per heavy atom. The van der Waals surface area contributed by atoms with Gasteiger partial charge < -0.3 is 15.2 Å². The number of ether oxygens (including phenoxy) is 2. The number of benzene rings is 1. The Balaban J connectivity index is 1.65. The summed E-state index contributed by atoms with van der Waals surface area (Å²) in [5.41, 5.74) is 9.05. The maximum Gasteiger partial charge on any atom is 0.125 e. The van der Waals surface area contributed by atoms with Crippen molar-refractivity contribution in [3.8, 4) is 5.75 Å². The van der Waals surface area contributed by atoms with Crippen molar-refractivity contribution >= 4 is 15.9 Å². The molecule has 2 fully saturated rings. The summed E-state index contributed by atoms with van der Waals surface area (Å²) in [6, 6.07) is 4.33. The Kier molecular flexibility index (Phi) is 3.09. The second kappa shape index (κ2) is 4.72. The molecule has 2 heterocycles. The highest BCUT2D eigenvalue weighted by Gasteiger charge is 2.49. The topological polar surface area (TPSA) is 44.5 Å². The molecule has 4 rings (SSSR count). The Labute approximate surface area is 127 Å². The molecule has 2 aliphatic heterocycles. The number of nitrogens with two attached hydrogens (primary N) is 1. The summed E-state index contributed by atoms with van der Waals surface area (Å²) in [6.45, 7) is 1.59. The molecule has 1 saturated carbocycles. The third kappa shape index (κ3) is 2.18. The highest BCUT2D eigenvalue weighted by molar-refractivity contribution is 9.10. The summed E-state index contributed by atoms with van der Waals surface area (Å²) in [5.74, 6) is 1.75. The van der Waals surface area contributed by atoms with Crippen LogP contribution in [-0.2, 0) is 17.6 Å². The molecule has 2 atom stereocenters. The van der Waals surface area contributed by atoms with Gasteiger partial charge >= 0.3 is 0 Å². The van der Waals surface area contributed by atoms with Crippen LogP contribution in [0.15, 0.2) is 16.6 Å². The zero-order valence-corrected chi connectivity index (χ0v) is 13.1. The van der Waals surface area contributed by atoms with E-state index < -0.39 is 0 Å². The lowest BCUT2D eigenvalue weighted by atomic mass is 9.83. The maximum atomic E-state index is 6.72. The third-order valence-corrected chi connectivity index (χ3v) is 5.28. The molecule has 3 nitrogen and oxygen atoms in total. The van der Waals surface area contributed by atoms with Crippen LogP contribution < -0.4 is 10.5 Å². The van der Waals surface area contributed by atoms with Gasteiger partial charge in [0, 0.05) is 23.0 Å². The van der Waals surface area contributed by atoms with Crippen LogP contribution in [0.3, 0.4) is 0 Å². The summed E-state index contributed by atoms with van der Waals surface area (Å²) in [4.78, 5) is 0. The molecule has 0 radical (unpaired) electrons. The van der Waals surface area contributed by atoms with Gasteiger partial charge in [0.05, 0.1) is 12.7 Å². The number of rotatable bonds is 3. The summed E-state index contributed by atoms with van der Waals surface area (Å²) in [6.07, 6.45) is 5.60. The van der Waals surface area contributed by atoms with Crippen molar-refractivity contribution in [2.75, 3.05) is 13.2 Å². The van der Waals surface area contributed by atoms with Gasteiger partial charge in [0.25, 0.3) is 0 Å². The van der Waals surface area contributed by atoms with Gasteiger partial charge in [-0.3, -0.25) is 0 Å². The lowest BCUT2D eigenvalue weighted by Gasteiger charge is -2.30. The number of fused-ring (bicyclic) bond motifs is 1. The van der Waals surface area contributed by atoms with E-state index in [0.29, 0.717) is 5.92 Å². The van der Waals surface area contributed by atoms with Crippen molar-refractivity contribution in [3.63, 3.8) is 0 Å². The van der Waals surface area contributed by atoms with Crippen molar-refractivity contribution < 1.29 is 9.47 Å². The predicted octanol–water partition coefficient (Wildman–Crippen LogP) is 2.82. The molecule has 20 heavy (non-hydrogen) atoms. The quantitative estimate of drug-likeness (QED) is 0.922. The standard InChI is InChI=1S/C16H20BrNO2/c17-13-7-11-3-5-19-14(11)12(8-13)9-16(18)4-6-20-15(16)10-1-2-10/h7-8,10,15H,1-6,9,18H2. The zero-order valence-electron chi connectivity index (χ0n) is 11.5. The van der Waals surface area contributed by atoms with Crippen molar-refractivity contribution in [1.82, 2.24) is 0 Å². The molecule has 0 spiro atoms. The first-order valence-corrected chi connectivity index (χ1v) is 8.30. The van der Waals surface area contributed by atoms with Gasteiger partial charge in [-0.1, -0.05) is 15.9 Å². The van der Waals surface area contributed by atoms with Gasteiger partial charge in [-0.05, 0) is 54.9 Å². The number of halogens is 1.